The second-order valence-corrected chi connectivity index (χ2v) is 10.9. The topological polar surface area (TPSA) is 130 Å². The number of esters is 1. The minimum Gasteiger partial charge on any atom is -0.497 e. The molecule has 2 amide bonds. The highest BCUT2D eigenvalue weighted by Crippen LogP contribution is 2.38. The van der Waals surface area contributed by atoms with Crippen LogP contribution in [0.5, 0.6) is 5.75 Å². The Hall–Kier alpha value is -3.35. The standard InChI is InChI=1S/C32H39NO10/c1-38-21-16-14-20(15-17-21)31-41-19-24-28(43-31)27(35)26(33-29(36)22-11-8-9-12-23(22)30(33)37)32(42-24)40-18-10-6-4-3-5-7-13-25(34)39-2/h8-9,11-12,14-17,24,26-28,31-32,35H,3-7,10,13,18-19H2,1-2H3/t24-,26+,27+,28+,31+,32-/m1/s1. The molecule has 3 heterocycles. The van der Waals surface area contributed by atoms with E-state index in [0.717, 1.165) is 49.0 Å². The number of methoxy groups -OCH3 is 2. The average molecular weight is 598 g/mol. The first-order chi connectivity index (χ1) is 20.9. The Balaban J connectivity index is 1.24. The molecule has 6 atom stereocenters. The number of benzene rings is 2. The highest BCUT2D eigenvalue weighted by atomic mass is 16.7. The highest BCUT2D eigenvalue weighted by molar-refractivity contribution is 6.21. The number of hydrogen-bond acceptors (Lipinski definition) is 10. The van der Waals surface area contributed by atoms with Crippen LogP contribution in [0.3, 0.4) is 0 Å². The Morgan fingerprint density at radius 3 is 2.21 bits per heavy atom. The number of nitrogens with zero attached hydrogens (tertiary/aromatic N) is 1. The number of carbonyl (C=O) groups excluding carboxylic acids is 3. The zero-order valence-electron chi connectivity index (χ0n) is 24.5. The molecule has 2 fully saturated rings. The monoisotopic (exact) mass is 597 g/mol. The van der Waals surface area contributed by atoms with Gasteiger partial charge in [0.25, 0.3) is 11.8 Å². The Kier molecular flexibility index (Phi) is 10.4. The van der Waals surface area contributed by atoms with Crippen molar-refractivity contribution in [2.75, 3.05) is 27.4 Å². The van der Waals surface area contributed by atoms with Crippen molar-refractivity contribution in [3.8, 4) is 5.75 Å². The third kappa shape index (κ3) is 6.91. The molecule has 0 radical (unpaired) electrons. The molecule has 0 bridgehead atoms. The molecule has 3 aliphatic heterocycles. The van der Waals surface area contributed by atoms with E-state index in [-0.39, 0.29) is 23.7 Å². The van der Waals surface area contributed by atoms with Crippen molar-refractivity contribution >= 4 is 17.8 Å². The second-order valence-electron chi connectivity index (χ2n) is 10.9. The Labute approximate surface area is 250 Å². The molecule has 0 aromatic heterocycles. The normalized spacial score (nSPS) is 26.6. The van der Waals surface area contributed by atoms with Crippen molar-refractivity contribution in [3.63, 3.8) is 0 Å². The summed E-state index contributed by atoms with van der Waals surface area (Å²) in [5, 5.41) is 11.7. The molecule has 11 heteroatoms. The summed E-state index contributed by atoms with van der Waals surface area (Å²) in [6.07, 6.45) is 1.07. The van der Waals surface area contributed by atoms with Gasteiger partial charge in [0, 0.05) is 18.6 Å². The molecule has 5 rings (SSSR count). The van der Waals surface area contributed by atoms with Crippen molar-refractivity contribution in [2.45, 2.75) is 81.9 Å². The van der Waals surface area contributed by atoms with Crippen LogP contribution >= 0.6 is 0 Å². The summed E-state index contributed by atoms with van der Waals surface area (Å²) in [4.78, 5) is 39.2. The van der Waals surface area contributed by atoms with Gasteiger partial charge in [-0.05, 0) is 37.1 Å². The first kappa shape index (κ1) is 31.1. The lowest BCUT2D eigenvalue weighted by atomic mass is 9.94. The summed E-state index contributed by atoms with van der Waals surface area (Å²) in [5.41, 5.74) is 1.28. The molecule has 2 aromatic rings. The molecule has 43 heavy (non-hydrogen) atoms. The summed E-state index contributed by atoms with van der Waals surface area (Å²) in [6.45, 7) is 0.436. The van der Waals surface area contributed by atoms with Gasteiger partial charge >= 0.3 is 5.97 Å². The molecule has 0 saturated carbocycles. The summed E-state index contributed by atoms with van der Waals surface area (Å²) in [5.74, 6) is -0.525. The van der Waals surface area contributed by atoms with Gasteiger partial charge in [0.2, 0.25) is 0 Å². The number of carbonyl (C=O) groups is 3. The lowest BCUT2D eigenvalue weighted by Gasteiger charge is -2.49. The van der Waals surface area contributed by atoms with E-state index in [1.54, 1.807) is 43.5 Å². The summed E-state index contributed by atoms with van der Waals surface area (Å²) >= 11 is 0. The lowest BCUT2D eigenvalue weighted by molar-refractivity contribution is -0.349. The smallest absolute Gasteiger partial charge is 0.305 e. The molecular weight excluding hydrogens is 558 g/mol. The van der Waals surface area contributed by atoms with Crippen LogP contribution in [0.15, 0.2) is 48.5 Å². The molecule has 0 aliphatic carbocycles. The van der Waals surface area contributed by atoms with E-state index < -0.39 is 48.7 Å². The van der Waals surface area contributed by atoms with E-state index in [0.29, 0.717) is 18.8 Å². The predicted molar refractivity (Wildman–Crippen MR) is 152 cm³/mol. The van der Waals surface area contributed by atoms with E-state index in [1.807, 2.05) is 12.1 Å². The van der Waals surface area contributed by atoms with Gasteiger partial charge in [-0.25, -0.2) is 0 Å². The van der Waals surface area contributed by atoms with Crippen molar-refractivity contribution in [1.29, 1.82) is 0 Å². The average Bonchev–Trinajstić information content (AvgIpc) is 3.29. The molecular formula is C32H39NO10. The van der Waals surface area contributed by atoms with Gasteiger partial charge in [-0.2, -0.15) is 0 Å². The summed E-state index contributed by atoms with van der Waals surface area (Å²) < 4.78 is 34.4. The van der Waals surface area contributed by atoms with E-state index in [2.05, 4.69) is 4.74 Å². The fraction of sp³-hybridized carbons (Fsp3) is 0.531. The number of hydrogen-bond donors (Lipinski definition) is 1. The number of aliphatic hydroxyl groups excluding tert-OH is 1. The predicted octanol–water partition coefficient (Wildman–Crippen LogP) is 3.78. The summed E-state index contributed by atoms with van der Waals surface area (Å²) in [6, 6.07) is 12.7. The molecule has 11 nitrogen and oxygen atoms in total. The zero-order valence-corrected chi connectivity index (χ0v) is 24.5. The van der Waals surface area contributed by atoms with Crippen molar-refractivity contribution < 1.29 is 47.9 Å². The van der Waals surface area contributed by atoms with Crippen LogP contribution in [-0.4, -0.2) is 85.9 Å². The van der Waals surface area contributed by atoms with Crippen LogP contribution in [0.2, 0.25) is 0 Å². The largest absolute Gasteiger partial charge is 0.497 e. The van der Waals surface area contributed by atoms with Crippen LogP contribution in [-0.2, 0) is 28.5 Å². The maximum absolute atomic E-state index is 13.4. The summed E-state index contributed by atoms with van der Waals surface area (Å²) in [7, 11) is 2.97. The van der Waals surface area contributed by atoms with Crippen molar-refractivity contribution in [1.82, 2.24) is 4.90 Å². The lowest BCUT2D eigenvalue weighted by Crippen LogP contribution is -2.67. The van der Waals surface area contributed by atoms with Crippen LogP contribution in [0.1, 0.15) is 77.5 Å². The maximum Gasteiger partial charge on any atom is 0.305 e. The quantitative estimate of drug-likeness (QED) is 0.207. The maximum atomic E-state index is 13.4. The Morgan fingerprint density at radius 2 is 1.56 bits per heavy atom. The van der Waals surface area contributed by atoms with Crippen molar-refractivity contribution in [3.05, 3.63) is 65.2 Å². The number of rotatable bonds is 13. The first-order valence-electron chi connectivity index (χ1n) is 14.8. The Bertz CT molecular complexity index is 1230. The highest BCUT2D eigenvalue weighted by Gasteiger charge is 2.55. The van der Waals surface area contributed by atoms with Crippen LogP contribution in [0.25, 0.3) is 0 Å². The van der Waals surface area contributed by atoms with Gasteiger partial charge < -0.3 is 33.5 Å². The fourth-order valence-electron chi connectivity index (χ4n) is 5.78. The van der Waals surface area contributed by atoms with Gasteiger partial charge in [0.15, 0.2) is 12.6 Å². The van der Waals surface area contributed by atoms with Gasteiger partial charge in [0.1, 0.15) is 30.1 Å². The van der Waals surface area contributed by atoms with Gasteiger partial charge in [-0.1, -0.05) is 49.9 Å². The van der Waals surface area contributed by atoms with Gasteiger partial charge in [0.05, 0.1) is 32.0 Å². The first-order valence-corrected chi connectivity index (χ1v) is 14.8. The van der Waals surface area contributed by atoms with Gasteiger partial charge in [-0.15, -0.1) is 0 Å². The minimum atomic E-state index is -1.29. The molecule has 2 aromatic carbocycles. The number of aliphatic hydroxyl groups is 1. The molecule has 232 valence electrons. The zero-order chi connectivity index (χ0) is 30.3. The van der Waals surface area contributed by atoms with Crippen LogP contribution in [0, 0.1) is 0 Å². The number of ether oxygens (including phenoxy) is 6. The van der Waals surface area contributed by atoms with Crippen LogP contribution < -0.4 is 4.74 Å². The third-order valence-electron chi connectivity index (χ3n) is 8.13. The molecule has 0 spiro atoms. The third-order valence-corrected chi connectivity index (χ3v) is 8.13. The van der Waals surface area contributed by atoms with E-state index in [9.17, 15) is 19.5 Å². The molecule has 3 aliphatic rings. The minimum absolute atomic E-state index is 0.124. The van der Waals surface area contributed by atoms with E-state index in [4.69, 9.17) is 23.7 Å². The van der Waals surface area contributed by atoms with E-state index in [1.165, 1.54) is 7.11 Å². The second kappa shape index (κ2) is 14.4. The number of amides is 2. The van der Waals surface area contributed by atoms with Gasteiger partial charge in [-0.3, -0.25) is 19.3 Å². The number of unbranched alkanes of at least 4 members (excludes halogenated alkanes) is 5. The molecule has 0 unspecified atom stereocenters. The molecule has 1 N–H and O–H groups in total. The van der Waals surface area contributed by atoms with Crippen LogP contribution in [0.4, 0.5) is 0 Å². The van der Waals surface area contributed by atoms with E-state index >= 15 is 0 Å². The molecule has 2 saturated heterocycles. The fourth-order valence-corrected chi connectivity index (χ4v) is 5.78. The SMILES string of the molecule is COC(=O)CCCCCCCCO[C@@H]1O[C@@H]2CO[C@H](c3ccc(OC)cc3)O[C@@H]2[C@@H](O)[C@@H]1N1C(=O)c2ccccc2C1=O. The number of fused-ring (bicyclic) bond motifs is 2. The number of imide groups is 1. The van der Waals surface area contributed by atoms with Crippen molar-refractivity contribution in [2.24, 2.45) is 0 Å². The Morgan fingerprint density at radius 1 is 0.907 bits per heavy atom.